The molecule has 0 spiro atoms. The van der Waals surface area contributed by atoms with Crippen molar-refractivity contribution >= 4 is 17.8 Å². The smallest absolute Gasteiger partial charge is 0.408 e. The second kappa shape index (κ2) is 5.37. The summed E-state index contributed by atoms with van der Waals surface area (Å²) in [4.78, 5) is 34.4. The van der Waals surface area contributed by atoms with Crippen molar-refractivity contribution in [2.24, 2.45) is 5.92 Å². The highest BCUT2D eigenvalue weighted by Gasteiger charge is 2.38. The molecule has 0 heterocycles. The van der Waals surface area contributed by atoms with E-state index in [1.165, 1.54) is 7.11 Å². The van der Waals surface area contributed by atoms with E-state index in [1.807, 2.05) is 0 Å². The first-order chi connectivity index (χ1) is 8.23. The van der Waals surface area contributed by atoms with Crippen LogP contribution in [0.5, 0.6) is 0 Å². The number of rotatable bonds is 2. The van der Waals surface area contributed by atoms with Crippen molar-refractivity contribution in [2.45, 2.75) is 45.3 Å². The van der Waals surface area contributed by atoms with Gasteiger partial charge in [0, 0.05) is 6.42 Å². The molecule has 18 heavy (non-hydrogen) atoms. The van der Waals surface area contributed by atoms with Crippen LogP contribution >= 0.6 is 0 Å². The molecule has 6 heteroatoms. The summed E-state index contributed by atoms with van der Waals surface area (Å²) in [5, 5.41) is 2.48. The topological polar surface area (TPSA) is 81.7 Å². The monoisotopic (exact) mass is 257 g/mol. The summed E-state index contributed by atoms with van der Waals surface area (Å²) >= 11 is 0. The number of nitrogens with one attached hydrogen (secondary N) is 1. The molecule has 1 aliphatic carbocycles. The van der Waals surface area contributed by atoms with Crippen LogP contribution < -0.4 is 5.32 Å². The number of alkyl carbamates (subject to hydrolysis) is 1. The second-order valence-electron chi connectivity index (χ2n) is 5.33. The fourth-order valence-electron chi connectivity index (χ4n) is 1.82. The van der Waals surface area contributed by atoms with Crippen LogP contribution in [-0.2, 0) is 19.1 Å². The van der Waals surface area contributed by atoms with Crippen molar-refractivity contribution in [3.05, 3.63) is 0 Å². The zero-order valence-electron chi connectivity index (χ0n) is 11.1. The number of ether oxygens (including phenoxy) is 2. The van der Waals surface area contributed by atoms with E-state index >= 15 is 0 Å². The van der Waals surface area contributed by atoms with Crippen molar-refractivity contribution < 1.29 is 23.9 Å². The highest BCUT2D eigenvalue weighted by atomic mass is 16.6. The van der Waals surface area contributed by atoms with Gasteiger partial charge in [-0.2, -0.15) is 0 Å². The van der Waals surface area contributed by atoms with Crippen molar-refractivity contribution in [3.63, 3.8) is 0 Å². The Labute approximate surface area is 106 Å². The van der Waals surface area contributed by atoms with E-state index < -0.39 is 29.6 Å². The third-order valence-electron chi connectivity index (χ3n) is 2.58. The molecule has 1 saturated carbocycles. The van der Waals surface area contributed by atoms with Crippen LogP contribution in [0.25, 0.3) is 0 Å². The fourth-order valence-corrected chi connectivity index (χ4v) is 1.82. The van der Waals surface area contributed by atoms with Crippen LogP contribution in [0.4, 0.5) is 4.79 Å². The van der Waals surface area contributed by atoms with Gasteiger partial charge in [-0.15, -0.1) is 0 Å². The van der Waals surface area contributed by atoms with E-state index in [2.05, 4.69) is 10.1 Å². The molecule has 0 radical (unpaired) electrons. The Hall–Kier alpha value is -1.59. The van der Waals surface area contributed by atoms with E-state index in [0.29, 0.717) is 0 Å². The van der Waals surface area contributed by atoms with Crippen LogP contribution in [0.3, 0.4) is 0 Å². The molecular weight excluding hydrogens is 238 g/mol. The van der Waals surface area contributed by atoms with Crippen LogP contribution in [0, 0.1) is 5.92 Å². The summed E-state index contributed by atoms with van der Waals surface area (Å²) in [6.07, 6.45) is -0.274. The van der Waals surface area contributed by atoms with Crippen LogP contribution in [0.15, 0.2) is 0 Å². The molecule has 6 nitrogen and oxygen atoms in total. The van der Waals surface area contributed by atoms with Crippen molar-refractivity contribution in [2.75, 3.05) is 7.11 Å². The molecule has 1 N–H and O–H groups in total. The van der Waals surface area contributed by atoms with Gasteiger partial charge in [0.15, 0.2) is 5.78 Å². The summed E-state index contributed by atoms with van der Waals surface area (Å²) in [5.41, 5.74) is -0.618. The minimum absolute atomic E-state index is 0.104. The minimum Gasteiger partial charge on any atom is -0.469 e. The van der Waals surface area contributed by atoms with E-state index in [0.717, 1.165) is 0 Å². The Bertz CT molecular complexity index is 358. The number of amides is 1. The lowest BCUT2D eigenvalue weighted by molar-refractivity contribution is -0.145. The van der Waals surface area contributed by atoms with Crippen molar-refractivity contribution in [3.8, 4) is 0 Å². The number of carbonyl (C=O) groups is 3. The zero-order chi connectivity index (χ0) is 13.9. The Morgan fingerprint density at radius 2 is 1.94 bits per heavy atom. The molecule has 0 aliphatic heterocycles. The molecule has 0 aromatic heterocycles. The van der Waals surface area contributed by atoms with Gasteiger partial charge in [0.2, 0.25) is 0 Å². The molecule has 1 aliphatic rings. The number of ketones is 1. The Morgan fingerprint density at radius 1 is 1.33 bits per heavy atom. The summed E-state index contributed by atoms with van der Waals surface area (Å²) in [7, 11) is 1.28. The Kier molecular flexibility index (Phi) is 4.32. The average molecular weight is 257 g/mol. The molecule has 1 amide bonds. The molecule has 2 unspecified atom stereocenters. The maximum atomic E-state index is 11.6. The second-order valence-corrected chi connectivity index (χ2v) is 5.33. The molecule has 0 bridgehead atoms. The van der Waals surface area contributed by atoms with Crippen LogP contribution in [-0.4, -0.2) is 36.6 Å². The van der Waals surface area contributed by atoms with Gasteiger partial charge in [0.25, 0.3) is 0 Å². The number of hydrogen-bond acceptors (Lipinski definition) is 5. The molecule has 0 aromatic carbocycles. The lowest BCUT2D eigenvalue weighted by Gasteiger charge is -2.21. The number of esters is 1. The van der Waals surface area contributed by atoms with E-state index in [-0.39, 0.29) is 18.6 Å². The van der Waals surface area contributed by atoms with Gasteiger partial charge < -0.3 is 14.8 Å². The quantitative estimate of drug-likeness (QED) is 0.747. The molecule has 102 valence electrons. The minimum atomic E-state index is -0.663. The predicted octanol–water partition coefficient (Wildman–Crippen LogP) is 1.03. The lowest BCUT2D eigenvalue weighted by atomic mass is 10.1. The van der Waals surface area contributed by atoms with E-state index in [9.17, 15) is 14.4 Å². The summed E-state index contributed by atoms with van der Waals surface area (Å²) in [6.45, 7) is 5.21. The van der Waals surface area contributed by atoms with Gasteiger partial charge in [-0.05, 0) is 27.2 Å². The normalized spacial score (nSPS) is 23.7. The molecular formula is C12H19NO5. The van der Waals surface area contributed by atoms with Gasteiger partial charge in [0.1, 0.15) is 5.60 Å². The number of carbonyl (C=O) groups excluding carboxylic acids is 3. The van der Waals surface area contributed by atoms with Crippen molar-refractivity contribution in [1.82, 2.24) is 5.32 Å². The summed E-state index contributed by atoms with van der Waals surface area (Å²) in [6, 6.07) is -0.663. The Morgan fingerprint density at radius 3 is 2.44 bits per heavy atom. The molecule has 0 aromatic rings. The van der Waals surface area contributed by atoms with Crippen LogP contribution in [0.1, 0.15) is 33.6 Å². The van der Waals surface area contributed by atoms with Gasteiger partial charge in [-0.1, -0.05) is 0 Å². The standard InChI is InChI=1S/C12H19NO5/c1-12(2,3)18-11(16)13-8-5-7(6-9(8)14)10(15)17-4/h7-8H,5-6H2,1-4H3,(H,13,16). The number of Topliss-reactive ketones (excluding diaryl/α,β-unsaturated/α-hetero) is 1. The van der Waals surface area contributed by atoms with Gasteiger partial charge >= 0.3 is 12.1 Å². The zero-order valence-corrected chi connectivity index (χ0v) is 11.1. The van der Waals surface area contributed by atoms with E-state index in [4.69, 9.17) is 4.74 Å². The first-order valence-electron chi connectivity index (χ1n) is 5.83. The Balaban J connectivity index is 2.51. The fraction of sp³-hybridized carbons (Fsp3) is 0.750. The molecule has 0 saturated heterocycles. The number of methoxy groups -OCH3 is 1. The highest BCUT2D eigenvalue weighted by molar-refractivity contribution is 5.93. The first kappa shape index (κ1) is 14.5. The average Bonchev–Trinajstić information content (AvgIpc) is 2.56. The van der Waals surface area contributed by atoms with E-state index in [1.54, 1.807) is 20.8 Å². The van der Waals surface area contributed by atoms with Gasteiger partial charge in [-0.3, -0.25) is 9.59 Å². The highest BCUT2D eigenvalue weighted by Crippen LogP contribution is 2.24. The molecule has 1 rings (SSSR count). The lowest BCUT2D eigenvalue weighted by Crippen LogP contribution is -2.41. The third kappa shape index (κ3) is 4.01. The number of hydrogen-bond donors (Lipinski definition) is 1. The van der Waals surface area contributed by atoms with Gasteiger partial charge in [0.05, 0.1) is 19.1 Å². The molecule has 1 fully saturated rings. The largest absolute Gasteiger partial charge is 0.469 e. The van der Waals surface area contributed by atoms with Gasteiger partial charge in [-0.25, -0.2) is 4.79 Å². The first-order valence-corrected chi connectivity index (χ1v) is 5.83. The van der Waals surface area contributed by atoms with Crippen LogP contribution in [0.2, 0.25) is 0 Å². The predicted molar refractivity (Wildman–Crippen MR) is 62.9 cm³/mol. The molecule has 2 atom stereocenters. The van der Waals surface area contributed by atoms with Crippen molar-refractivity contribution in [1.29, 1.82) is 0 Å². The summed E-state index contributed by atoms with van der Waals surface area (Å²) in [5.74, 6) is -1.06. The SMILES string of the molecule is COC(=O)C1CC(=O)C(NC(=O)OC(C)(C)C)C1. The summed E-state index contributed by atoms with van der Waals surface area (Å²) < 4.78 is 9.63. The maximum absolute atomic E-state index is 11.6. The maximum Gasteiger partial charge on any atom is 0.408 e. The third-order valence-corrected chi connectivity index (χ3v) is 2.58.